The highest BCUT2D eigenvalue weighted by atomic mass is 32.3. The molecule has 0 radical (unpaired) electrons. The number of rotatable bonds is 7. The van der Waals surface area contributed by atoms with E-state index in [1.54, 1.807) is 31.4 Å². The highest BCUT2D eigenvalue weighted by Crippen LogP contribution is 2.70. The van der Waals surface area contributed by atoms with Crippen molar-refractivity contribution in [1.82, 2.24) is 0 Å². The monoisotopic (exact) mass is 468 g/mol. The molecule has 0 amide bonds. The van der Waals surface area contributed by atoms with Gasteiger partial charge in [-0.05, 0) is 71.0 Å². The lowest BCUT2D eigenvalue weighted by Crippen LogP contribution is -2.15. The molecule has 0 saturated carbocycles. The molecule has 0 N–H and O–H groups in total. The van der Waals surface area contributed by atoms with Gasteiger partial charge in [-0.1, -0.05) is 48.5 Å². The van der Waals surface area contributed by atoms with Gasteiger partial charge in [0, 0.05) is 14.7 Å². The summed E-state index contributed by atoms with van der Waals surface area (Å²) in [6.45, 7) is 0. The van der Waals surface area contributed by atoms with Gasteiger partial charge in [0.1, 0.15) is 16.5 Å². The van der Waals surface area contributed by atoms with Crippen LogP contribution in [0.25, 0.3) is 0 Å². The van der Waals surface area contributed by atoms with Gasteiger partial charge in [-0.25, -0.2) is 8.02 Å². The van der Waals surface area contributed by atoms with Gasteiger partial charge < -0.3 is 4.74 Å². The van der Waals surface area contributed by atoms with Gasteiger partial charge in [0.25, 0.3) is 0 Å². The van der Waals surface area contributed by atoms with Crippen LogP contribution >= 0.6 is 10.3 Å². The average Bonchev–Trinajstić information content (AvgIpc) is 2.84. The average molecular weight is 469 g/mol. The zero-order valence-corrected chi connectivity index (χ0v) is 18.9. The molecule has 0 saturated heterocycles. The van der Waals surface area contributed by atoms with Crippen molar-refractivity contribution in [3.8, 4) is 5.75 Å². The van der Waals surface area contributed by atoms with Crippen LogP contribution in [0.3, 0.4) is 0 Å². The Morgan fingerprint density at radius 1 is 0.625 bits per heavy atom. The maximum absolute atomic E-state index is 14.5. The first-order chi connectivity index (χ1) is 15.5. The van der Waals surface area contributed by atoms with Crippen LogP contribution in [0.2, 0.25) is 0 Å². The highest BCUT2D eigenvalue weighted by Gasteiger charge is 2.39. The predicted molar refractivity (Wildman–Crippen MR) is 123 cm³/mol. The highest BCUT2D eigenvalue weighted by molar-refractivity contribution is 8.33. The molecule has 164 valence electrons. The lowest BCUT2D eigenvalue weighted by Gasteiger charge is -2.39. The Kier molecular flexibility index (Phi) is 6.32. The quantitative estimate of drug-likeness (QED) is 0.313. The van der Waals surface area contributed by atoms with Crippen molar-refractivity contribution in [2.75, 3.05) is 7.11 Å². The van der Waals surface area contributed by atoms with Gasteiger partial charge in [-0.3, -0.25) is 0 Å². The fraction of sp³-hybridized carbons (Fsp3) is 0.0400. The topological polar surface area (TPSA) is 52.6 Å². The van der Waals surface area contributed by atoms with Crippen molar-refractivity contribution < 1.29 is 21.2 Å². The molecule has 0 atom stereocenters. The summed E-state index contributed by atoms with van der Waals surface area (Å²) in [5.41, 5.74) is 0. The number of ether oxygens (including phenoxy) is 1. The number of hydrogen-bond acceptors (Lipinski definition) is 4. The normalized spacial score (nSPS) is 12.3. The third kappa shape index (κ3) is 4.14. The fourth-order valence-electron chi connectivity index (χ4n) is 3.34. The van der Waals surface area contributed by atoms with Crippen LogP contribution < -0.4 is 4.74 Å². The van der Waals surface area contributed by atoms with Crippen molar-refractivity contribution >= 4 is 20.4 Å². The van der Waals surface area contributed by atoms with Crippen molar-refractivity contribution in [2.24, 2.45) is 0 Å². The molecular weight excluding hydrogens is 447 g/mol. The van der Waals surface area contributed by atoms with Crippen LogP contribution in [0, 0.1) is 5.82 Å². The Labute approximate surface area is 188 Å². The second-order valence-electron chi connectivity index (χ2n) is 6.81. The zero-order valence-electron chi connectivity index (χ0n) is 17.2. The summed E-state index contributed by atoms with van der Waals surface area (Å²) in [5.74, 6) is -0.239. The van der Waals surface area contributed by atoms with E-state index in [2.05, 4.69) is 0 Å². The summed E-state index contributed by atoms with van der Waals surface area (Å²) in [7, 11) is -5.71. The maximum atomic E-state index is 14.5. The molecule has 0 aliphatic heterocycles. The molecule has 0 unspecified atom stereocenters. The summed E-state index contributed by atoms with van der Waals surface area (Å²) < 4.78 is 52.8. The molecule has 0 aliphatic carbocycles. The molecule has 4 nitrogen and oxygen atoms in total. The number of methoxy groups -OCH3 is 1. The number of benzene rings is 4. The van der Waals surface area contributed by atoms with E-state index < -0.39 is 31.1 Å². The molecule has 32 heavy (non-hydrogen) atoms. The van der Waals surface area contributed by atoms with Gasteiger partial charge >= 0.3 is 10.1 Å². The van der Waals surface area contributed by atoms with Crippen LogP contribution in [-0.4, -0.2) is 15.5 Å². The molecule has 0 bridgehead atoms. The van der Waals surface area contributed by atoms with Crippen LogP contribution in [0.1, 0.15) is 0 Å². The number of halogens is 1. The molecular formula is C25H21FO4S2. The van der Waals surface area contributed by atoms with Crippen LogP contribution in [0.5, 0.6) is 5.75 Å². The van der Waals surface area contributed by atoms with E-state index in [1.807, 2.05) is 60.7 Å². The van der Waals surface area contributed by atoms with Crippen molar-refractivity contribution in [1.29, 1.82) is 0 Å². The summed E-state index contributed by atoms with van der Waals surface area (Å²) >= 11 is 0. The van der Waals surface area contributed by atoms with Gasteiger partial charge in [0.05, 0.1) is 7.11 Å². The molecule has 0 aliphatic rings. The van der Waals surface area contributed by atoms with Gasteiger partial charge in [-0.2, -0.15) is 8.42 Å². The molecule has 4 rings (SSSR count). The lowest BCUT2D eigenvalue weighted by molar-refractivity contribution is 0.414. The minimum Gasteiger partial charge on any atom is -0.497 e. The van der Waals surface area contributed by atoms with Crippen LogP contribution in [0.15, 0.2) is 129 Å². The Morgan fingerprint density at radius 2 is 1.09 bits per heavy atom. The zero-order chi connectivity index (χ0) is 22.6. The molecule has 0 fully saturated rings. The smallest absolute Gasteiger partial charge is 0.310 e. The molecule has 0 heterocycles. The van der Waals surface area contributed by atoms with E-state index in [-0.39, 0.29) is 0 Å². The minimum atomic E-state index is -4.48. The van der Waals surface area contributed by atoms with E-state index in [4.69, 9.17) is 8.37 Å². The summed E-state index contributed by atoms with van der Waals surface area (Å²) in [4.78, 5) is 1.46. The molecule has 4 aromatic rings. The van der Waals surface area contributed by atoms with E-state index >= 15 is 0 Å². The molecule has 0 aromatic heterocycles. The Morgan fingerprint density at radius 3 is 1.59 bits per heavy atom. The number of hydrogen-bond donors (Lipinski definition) is 0. The summed E-state index contributed by atoms with van der Waals surface area (Å²) in [6, 6.07) is 30.6. The third-order valence-electron chi connectivity index (χ3n) is 4.84. The first-order valence-electron chi connectivity index (χ1n) is 9.75. The molecule has 7 heteroatoms. The van der Waals surface area contributed by atoms with Crippen LogP contribution in [-0.2, 0) is 13.7 Å². The second-order valence-corrected chi connectivity index (χ2v) is 11.2. The van der Waals surface area contributed by atoms with Gasteiger partial charge in [0.15, 0.2) is 0 Å². The van der Waals surface area contributed by atoms with Crippen LogP contribution in [0.4, 0.5) is 4.39 Å². The van der Waals surface area contributed by atoms with E-state index in [1.165, 1.54) is 18.2 Å². The van der Waals surface area contributed by atoms with Crippen molar-refractivity contribution in [3.05, 3.63) is 115 Å². The fourth-order valence-corrected chi connectivity index (χ4v) is 8.62. The molecule has 4 aromatic carbocycles. The van der Waals surface area contributed by atoms with Crippen molar-refractivity contribution in [2.45, 2.75) is 19.6 Å². The SMILES string of the molecule is COc1ccc(S(OS(=O)(=O)c2ccccc2F)(c2ccccc2)c2ccccc2)cc1. The Balaban J connectivity index is 2.01. The van der Waals surface area contributed by atoms with Crippen molar-refractivity contribution in [3.63, 3.8) is 0 Å². The van der Waals surface area contributed by atoms with Gasteiger partial charge in [0.2, 0.25) is 0 Å². The lowest BCUT2D eigenvalue weighted by atomic mass is 10.3. The first kappa shape index (κ1) is 22.1. The molecule has 0 spiro atoms. The summed E-state index contributed by atoms with van der Waals surface area (Å²) in [6.07, 6.45) is 0. The minimum absolute atomic E-state index is 0.503. The Bertz CT molecular complexity index is 1250. The van der Waals surface area contributed by atoms with E-state index in [0.29, 0.717) is 20.4 Å². The second kappa shape index (κ2) is 9.16. The summed E-state index contributed by atoms with van der Waals surface area (Å²) in [5, 5.41) is 0. The third-order valence-corrected chi connectivity index (χ3v) is 10.1. The Hall–Kier alpha value is -3.13. The predicted octanol–water partition coefficient (Wildman–Crippen LogP) is 6.44. The van der Waals surface area contributed by atoms with E-state index in [9.17, 15) is 12.8 Å². The standard InChI is InChI=1S/C25H21FO4S2/c1-29-20-16-18-23(19-17-20)31(21-10-4-2-5-11-21,22-12-6-3-7-13-22)30-32(27,28)25-15-9-8-14-24(25)26/h2-19H,1H3. The van der Waals surface area contributed by atoms with E-state index in [0.717, 1.165) is 6.07 Å². The first-order valence-corrected chi connectivity index (χ1v) is 12.7. The maximum Gasteiger partial charge on any atom is 0.310 e. The largest absolute Gasteiger partial charge is 0.497 e. The van der Waals surface area contributed by atoms with Gasteiger partial charge in [-0.15, -0.1) is 0 Å².